The lowest BCUT2D eigenvalue weighted by molar-refractivity contribution is -0.146. The van der Waals surface area contributed by atoms with Gasteiger partial charge in [0.15, 0.2) is 0 Å². The van der Waals surface area contributed by atoms with E-state index in [0.717, 1.165) is 74.1 Å². The summed E-state index contributed by atoms with van der Waals surface area (Å²) in [5, 5.41) is 0.417. The van der Waals surface area contributed by atoms with Crippen molar-refractivity contribution in [3.63, 3.8) is 0 Å². The normalized spacial score (nSPS) is 18.8. The van der Waals surface area contributed by atoms with Crippen molar-refractivity contribution in [1.82, 2.24) is 14.6 Å². The molecule has 0 radical (unpaired) electrons. The van der Waals surface area contributed by atoms with Crippen molar-refractivity contribution >= 4 is 47.5 Å². The van der Waals surface area contributed by atoms with E-state index in [1.807, 2.05) is 0 Å². The quantitative estimate of drug-likeness (QED) is 0.371. The zero-order valence-electron chi connectivity index (χ0n) is 14.7. The van der Waals surface area contributed by atoms with E-state index in [9.17, 15) is 19.2 Å². The maximum atomic E-state index is 12.5. The van der Waals surface area contributed by atoms with Crippen LogP contribution in [0.3, 0.4) is 0 Å². The molecule has 2 fully saturated rings. The summed E-state index contributed by atoms with van der Waals surface area (Å²) in [7, 11) is 0. The van der Waals surface area contributed by atoms with Crippen LogP contribution in [0.25, 0.3) is 0 Å². The molecule has 0 atom stereocenters. The molecule has 2 saturated carbocycles. The minimum atomic E-state index is -1.20. The van der Waals surface area contributed by atoms with Crippen LogP contribution in [0.15, 0.2) is 0 Å². The van der Waals surface area contributed by atoms with Gasteiger partial charge < -0.3 is 5.73 Å². The van der Waals surface area contributed by atoms with Gasteiger partial charge in [-0.3, -0.25) is 23.9 Å². The second-order valence-electron chi connectivity index (χ2n) is 6.58. The summed E-state index contributed by atoms with van der Waals surface area (Å²) >= 11 is 2.35. The van der Waals surface area contributed by atoms with Gasteiger partial charge in [-0.2, -0.15) is 4.41 Å². The molecule has 4 N–H and O–H groups in total. The minimum Gasteiger partial charge on any atom is -0.361 e. The summed E-state index contributed by atoms with van der Waals surface area (Å²) in [5.41, 5.74) is 7.09. The van der Waals surface area contributed by atoms with E-state index in [2.05, 4.69) is 10.1 Å². The molecule has 0 aromatic carbocycles. The molecule has 4 amide bonds. The van der Waals surface area contributed by atoms with Gasteiger partial charge in [0, 0.05) is 10.5 Å². The van der Waals surface area contributed by atoms with Crippen LogP contribution in [0.1, 0.15) is 64.2 Å². The Morgan fingerprint density at radius 3 is 1.88 bits per heavy atom. The van der Waals surface area contributed by atoms with E-state index in [4.69, 9.17) is 5.73 Å². The molecular weight excluding hydrogens is 376 g/mol. The third-order valence-corrected chi connectivity index (χ3v) is 6.83. The summed E-state index contributed by atoms with van der Waals surface area (Å²) in [4.78, 5) is 47.3. The van der Waals surface area contributed by atoms with Gasteiger partial charge in [0.05, 0.1) is 0 Å². The highest BCUT2D eigenvalue weighted by molar-refractivity contribution is 7.99. The van der Waals surface area contributed by atoms with E-state index < -0.39 is 23.6 Å². The first-order chi connectivity index (χ1) is 12.5. The molecule has 2 aliphatic carbocycles. The number of carbonyl (C=O) groups is 4. The number of carbonyl (C=O) groups excluding carboxylic acids is 4. The molecule has 2 aliphatic rings. The van der Waals surface area contributed by atoms with Crippen molar-refractivity contribution in [2.75, 3.05) is 0 Å². The Bertz CT molecular complexity index is 534. The number of hydrogen-bond donors (Lipinski definition) is 3. The maximum absolute atomic E-state index is 12.5. The van der Waals surface area contributed by atoms with Gasteiger partial charge in [-0.25, -0.2) is 5.43 Å². The van der Waals surface area contributed by atoms with Crippen molar-refractivity contribution in [2.24, 2.45) is 5.73 Å². The topological polar surface area (TPSA) is 122 Å². The summed E-state index contributed by atoms with van der Waals surface area (Å²) in [6, 6.07) is 0. The molecular formula is C16H26N4O4S2. The van der Waals surface area contributed by atoms with E-state index in [-0.39, 0.29) is 5.25 Å². The Morgan fingerprint density at radius 1 is 0.808 bits per heavy atom. The Hall–Kier alpha value is -1.42. The molecule has 0 spiro atoms. The number of hydrogen-bond acceptors (Lipinski definition) is 6. The fraction of sp³-hybridized carbons (Fsp3) is 0.750. The van der Waals surface area contributed by atoms with Gasteiger partial charge in [0.2, 0.25) is 0 Å². The van der Waals surface area contributed by atoms with Crippen LogP contribution in [0.4, 0.5) is 0 Å². The van der Waals surface area contributed by atoms with Crippen LogP contribution >= 0.6 is 23.9 Å². The van der Waals surface area contributed by atoms with Crippen molar-refractivity contribution in [3.05, 3.63) is 0 Å². The standard InChI is InChI=1S/C16H26N4O4S2/c17-13(21)14(22)18-20(26-12-9-5-2-6-10-12)16(24)15(23)19-25-11-7-3-1-4-8-11/h11-12H,1-10H2,(H2,17,21)(H,18,22)(H,19,23). The number of nitrogens with zero attached hydrogens (tertiary/aromatic N) is 1. The molecule has 0 heterocycles. The lowest BCUT2D eigenvalue weighted by Crippen LogP contribution is -2.51. The molecule has 146 valence electrons. The van der Waals surface area contributed by atoms with Crippen LogP contribution in [-0.4, -0.2) is 38.5 Å². The van der Waals surface area contributed by atoms with E-state index >= 15 is 0 Å². The van der Waals surface area contributed by atoms with E-state index in [1.165, 1.54) is 18.4 Å². The highest BCUT2D eigenvalue weighted by Gasteiger charge is 2.30. The van der Waals surface area contributed by atoms with Crippen molar-refractivity contribution in [2.45, 2.75) is 74.7 Å². The first kappa shape index (κ1) is 20.9. The van der Waals surface area contributed by atoms with Crippen molar-refractivity contribution < 1.29 is 19.2 Å². The second-order valence-corrected chi connectivity index (χ2v) is 8.93. The smallest absolute Gasteiger partial charge is 0.341 e. The first-order valence-electron chi connectivity index (χ1n) is 9.04. The molecule has 0 aromatic rings. The van der Waals surface area contributed by atoms with Crippen LogP contribution < -0.4 is 15.9 Å². The summed E-state index contributed by atoms with van der Waals surface area (Å²) in [6.07, 6.45) is 10.5. The summed E-state index contributed by atoms with van der Waals surface area (Å²) in [5.74, 6) is -4.04. The SMILES string of the molecule is NC(=O)C(=O)NN(SC1CCCCC1)C(=O)C(=O)NSC1CCCCC1. The first-order valence-corrected chi connectivity index (χ1v) is 10.8. The molecule has 26 heavy (non-hydrogen) atoms. The van der Waals surface area contributed by atoms with Crippen molar-refractivity contribution in [3.8, 4) is 0 Å². The number of nitrogens with one attached hydrogen (secondary N) is 2. The number of hydrazine groups is 1. The van der Waals surface area contributed by atoms with Gasteiger partial charge in [0.25, 0.3) is 0 Å². The molecule has 0 aromatic heterocycles. The molecule has 0 aliphatic heterocycles. The highest BCUT2D eigenvalue weighted by Crippen LogP contribution is 2.30. The van der Waals surface area contributed by atoms with Gasteiger partial charge in [-0.15, -0.1) is 0 Å². The highest BCUT2D eigenvalue weighted by atomic mass is 32.2. The van der Waals surface area contributed by atoms with Gasteiger partial charge in [0.1, 0.15) is 0 Å². The van der Waals surface area contributed by atoms with Gasteiger partial charge >= 0.3 is 23.6 Å². The average Bonchev–Trinajstić information content (AvgIpc) is 2.66. The molecule has 8 nitrogen and oxygen atoms in total. The largest absolute Gasteiger partial charge is 0.361 e. The zero-order chi connectivity index (χ0) is 18.9. The third kappa shape index (κ3) is 6.71. The maximum Gasteiger partial charge on any atom is 0.341 e. The van der Waals surface area contributed by atoms with Crippen LogP contribution in [0.2, 0.25) is 0 Å². The lowest BCUT2D eigenvalue weighted by atomic mass is 10.0. The third-order valence-electron chi connectivity index (χ3n) is 4.48. The zero-order valence-corrected chi connectivity index (χ0v) is 16.3. The number of primary amides is 1. The van der Waals surface area contributed by atoms with Crippen molar-refractivity contribution in [1.29, 1.82) is 0 Å². The van der Waals surface area contributed by atoms with Crippen LogP contribution in [-0.2, 0) is 19.2 Å². The lowest BCUT2D eigenvalue weighted by Gasteiger charge is -2.28. The Kier molecular flexibility index (Phi) is 8.56. The molecule has 0 bridgehead atoms. The van der Waals surface area contributed by atoms with E-state index in [1.54, 1.807) is 0 Å². The average molecular weight is 403 g/mol. The fourth-order valence-electron chi connectivity index (χ4n) is 3.05. The number of rotatable bonds is 4. The minimum absolute atomic E-state index is 0.111. The Morgan fingerprint density at radius 2 is 1.35 bits per heavy atom. The molecule has 0 unspecified atom stereocenters. The fourth-order valence-corrected chi connectivity index (χ4v) is 5.13. The second kappa shape index (κ2) is 10.7. The number of amides is 4. The Labute approximate surface area is 162 Å². The number of nitrogens with two attached hydrogens (primary N) is 1. The molecule has 2 rings (SSSR count). The van der Waals surface area contributed by atoms with Gasteiger partial charge in [-0.05, 0) is 49.6 Å². The molecule has 0 saturated heterocycles. The van der Waals surface area contributed by atoms with Crippen LogP contribution in [0.5, 0.6) is 0 Å². The predicted octanol–water partition coefficient (Wildman–Crippen LogP) is 1.41. The monoisotopic (exact) mass is 402 g/mol. The summed E-state index contributed by atoms with van der Waals surface area (Å²) in [6.45, 7) is 0. The van der Waals surface area contributed by atoms with Crippen LogP contribution in [0, 0.1) is 0 Å². The van der Waals surface area contributed by atoms with Gasteiger partial charge in [-0.1, -0.05) is 38.5 Å². The predicted molar refractivity (Wildman–Crippen MR) is 101 cm³/mol. The Balaban J connectivity index is 1.92. The molecule has 10 heteroatoms. The van der Waals surface area contributed by atoms with E-state index in [0.29, 0.717) is 5.25 Å². The summed E-state index contributed by atoms with van der Waals surface area (Å²) < 4.78 is 3.44.